The molecule has 2 aromatic carbocycles. The van der Waals surface area contributed by atoms with Gasteiger partial charge >= 0.3 is 6.09 Å². The zero-order valence-electron chi connectivity index (χ0n) is 17.3. The van der Waals surface area contributed by atoms with Gasteiger partial charge in [0, 0.05) is 17.7 Å². The van der Waals surface area contributed by atoms with Gasteiger partial charge in [0.2, 0.25) is 5.91 Å². The van der Waals surface area contributed by atoms with Crippen LogP contribution in [-0.2, 0) is 19.9 Å². The number of imide groups is 1. The lowest BCUT2D eigenvalue weighted by molar-refractivity contribution is -0.385. The lowest BCUT2D eigenvalue weighted by Gasteiger charge is -2.44. The van der Waals surface area contributed by atoms with E-state index in [1.54, 1.807) is 64.1 Å². The average Bonchev–Trinajstić information content (AvgIpc) is 2.66. The Kier molecular flexibility index (Phi) is 5.63. The number of carbonyl (C=O) groups is 2. The smallest absolute Gasteiger partial charge is 0.419 e. The normalized spacial score (nSPS) is 21.9. The van der Waals surface area contributed by atoms with Gasteiger partial charge in [0.15, 0.2) is 6.23 Å². The molecule has 30 heavy (non-hydrogen) atoms. The van der Waals surface area contributed by atoms with Crippen LogP contribution in [-0.4, -0.2) is 27.4 Å². The molecule has 1 aliphatic rings. The first-order valence-corrected chi connectivity index (χ1v) is 9.53. The van der Waals surface area contributed by atoms with Gasteiger partial charge in [0.25, 0.3) is 5.69 Å². The van der Waals surface area contributed by atoms with E-state index in [1.807, 2.05) is 6.07 Å². The van der Waals surface area contributed by atoms with Gasteiger partial charge in [-0.25, -0.2) is 9.69 Å². The number of nitro groups is 1. The van der Waals surface area contributed by atoms with Crippen molar-refractivity contribution >= 4 is 17.7 Å². The first-order chi connectivity index (χ1) is 14.0. The molecule has 0 spiro atoms. The molecule has 0 radical (unpaired) electrons. The van der Waals surface area contributed by atoms with Gasteiger partial charge in [-0.3, -0.25) is 14.9 Å². The van der Waals surface area contributed by atoms with E-state index in [-0.39, 0.29) is 12.1 Å². The number of ether oxygens (including phenoxy) is 2. The van der Waals surface area contributed by atoms with E-state index in [1.165, 1.54) is 12.1 Å². The molecule has 158 valence electrons. The monoisotopic (exact) mass is 412 g/mol. The third-order valence-electron chi connectivity index (χ3n) is 4.71. The SMILES string of the molecule is CC(C)(C)OC(=O)N1C(=O)CC(C)(c2cccc([N+](=O)[O-])c2)O[C@H]1c1ccccc1. The summed E-state index contributed by atoms with van der Waals surface area (Å²) in [6.45, 7) is 6.83. The number of non-ortho nitro benzene ring substituents is 1. The molecule has 1 fully saturated rings. The molecule has 1 heterocycles. The number of carbonyl (C=O) groups excluding carboxylic acids is 2. The maximum Gasteiger partial charge on any atom is 0.419 e. The Balaban J connectivity index is 2.03. The predicted octanol–water partition coefficient (Wildman–Crippen LogP) is 4.69. The van der Waals surface area contributed by atoms with E-state index < -0.39 is 34.4 Å². The molecular weight excluding hydrogens is 388 g/mol. The Bertz CT molecular complexity index is 969. The van der Waals surface area contributed by atoms with E-state index >= 15 is 0 Å². The lowest BCUT2D eigenvalue weighted by Crippen LogP contribution is -2.52. The Morgan fingerprint density at radius 2 is 1.87 bits per heavy atom. The number of nitro benzene ring substituents is 1. The number of benzene rings is 2. The molecule has 3 rings (SSSR count). The lowest BCUT2D eigenvalue weighted by atomic mass is 9.89. The highest BCUT2D eigenvalue weighted by Gasteiger charge is 2.47. The second kappa shape index (κ2) is 7.87. The summed E-state index contributed by atoms with van der Waals surface area (Å²) >= 11 is 0. The van der Waals surface area contributed by atoms with Gasteiger partial charge in [-0.1, -0.05) is 42.5 Å². The van der Waals surface area contributed by atoms with Crippen molar-refractivity contribution in [2.24, 2.45) is 0 Å². The molecule has 2 atom stereocenters. The van der Waals surface area contributed by atoms with Crippen LogP contribution in [0, 0.1) is 10.1 Å². The highest BCUT2D eigenvalue weighted by molar-refractivity contribution is 5.93. The molecule has 2 amide bonds. The van der Waals surface area contributed by atoms with Crippen molar-refractivity contribution in [3.05, 3.63) is 75.8 Å². The van der Waals surface area contributed by atoms with Crippen molar-refractivity contribution in [1.82, 2.24) is 4.90 Å². The van der Waals surface area contributed by atoms with Crippen LogP contribution in [0.3, 0.4) is 0 Å². The summed E-state index contributed by atoms with van der Waals surface area (Å²) in [5.74, 6) is -0.488. The number of amides is 2. The molecular formula is C22H24N2O6. The highest BCUT2D eigenvalue weighted by atomic mass is 16.6. The fraction of sp³-hybridized carbons (Fsp3) is 0.364. The molecule has 1 saturated heterocycles. The fourth-order valence-electron chi connectivity index (χ4n) is 3.31. The number of rotatable bonds is 3. The van der Waals surface area contributed by atoms with Gasteiger partial charge in [0.05, 0.1) is 11.3 Å². The van der Waals surface area contributed by atoms with Crippen LogP contribution in [0.2, 0.25) is 0 Å². The van der Waals surface area contributed by atoms with Gasteiger partial charge < -0.3 is 9.47 Å². The van der Waals surface area contributed by atoms with Crippen molar-refractivity contribution < 1.29 is 24.0 Å². The maximum absolute atomic E-state index is 13.1. The van der Waals surface area contributed by atoms with Gasteiger partial charge in [-0.15, -0.1) is 0 Å². The summed E-state index contributed by atoms with van der Waals surface area (Å²) in [4.78, 5) is 37.6. The van der Waals surface area contributed by atoms with Crippen molar-refractivity contribution in [2.45, 2.75) is 51.5 Å². The molecule has 0 aliphatic carbocycles. The summed E-state index contributed by atoms with van der Waals surface area (Å²) in [6.07, 6.45) is -2.01. The van der Waals surface area contributed by atoms with E-state index in [4.69, 9.17) is 9.47 Å². The summed E-state index contributed by atoms with van der Waals surface area (Å²) < 4.78 is 11.7. The van der Waals surface area contributed by atoms with E-state index in [0.29, 0.717) is 11.1 Å². The van der Waals surface area contributed by atoms with E-state index in [9.17, 15) is 19.7 Å². The Labute approximate surface area is 174 Å². The molecule has 0 bridgehead atoms. The molecule has 0 N–H and O–H groups in total. The number of hydrogen-bond acceptors (Lipinski definition) is 6. The summed E-state index contributed by atoms with van der Waals surface area (Å²) in [7, 11) is 0. The van der Waals surface area contributed by atoms with Crippen LogP contribution in [0.15, 0.2) is 54.6 Å². The molecule has 0 saturated carbocycles. The van der Waals surface area contributed by atoms with Crippen LogP contribution in [0.25, 0.3) is 0 Å². The largest absolute Gasteiger partial charge is 0.443 e. The van der Waals surface area contributed by atoms with Crippen LogP contribution < -0.4 is 0 Å². The third kappa shape index (κ3) is 4.49. The van der Waals surface area contributed by atoms with Gasteiger partial charge in [-0.2, -0.15) is 0 Å². The number of hydrogen-bond donors (Lipinski definition) is 0. The van der Waals surface area contributed by atoms with E-state index in [0.717, 1.165) is 4.90 Å². The first kappa shape index (κ1) is 21.4. The Morgan fingerprint density at radius 1 is 1.20 bits per heavy atom. The zero-order chi connectivity index (χ0) is 22.1. The summed E-state index contributed by atoms with van der Waals surface area (Å²) in [5.41, 5.74) is -0.986. The molecule has 2 aromatic rings. The molecule has 8 nitrogen and oxygen atoms in total. The van der Waals surface area contributed by atoms with Crippen LogP contribution in [0.5, 0.6) is 0 Å². The first-order valence-electron chi connectivity index (χ1n) is 9.53. The predicted molar refractivity (Wildman–Crippen MR) is 108 cm³/mol. The van der Waals surface area contributed by atoms with Crippen molar-refractivity contribution in [3.63, 3.8) is 0 Å². The second-order valence-electron chi connectivity index (χ2n) is 8.34. The molecule has 8 heteroatoms. The highest BCUT2D eigenvalue weighted by Crippen LogP contribution is 2.43. The maximum atomic E-state index is 13.1. The third-order valence-corrected chi connectivity index (χ3v) is 4.71. The second-order valence-corrected chi connectivity index (χ2v) is 8.34. The topological polar surface area (TPSA) is 99.0 Å². The van der Waals surface area contributed by atoms with E-state index in [2.05, 4.69) is 0 Å². The minimum atomic E-state index is -1.16. The molecule has 1 unspecified atom stereocenters. The van der Waals surface area contributed by atoms with Crippen LogP contribution in [0.4, 0.5) is 10.5 Å². The zero-order valence-corrected chi connectivity index (χ0v) is 17.3. The molecule has 1 aliphatic heterocycles. The fourth-order valence-corrected chi connectivity index (χ4v) is 3.31. The van der Waals surface area contributed by atoms with Crippen molar-refractivity contribution in [1.29, 1.82) is 0 Å². The Hall–Kier alpha value is -3.26. The van der Waals surface area contributed by atoms with Crippen molar-refractivity contribution in [3.8, 4) is 0 Å². The standard InChI is InChI=1S/C22H24N2O6/c1-21(2,3)30-20(26)23-18(25)14-22(4,16-11-8-12-17(13-16)24(27)28)29-19(23)15-9-6-5-7-10-15/h5-13,19H,14H2,1-4H3/t19-,22?/m0/s1. The molecule has 0 aromatic heterocycles. The summed E-state index contributed by atoms with van der Waals surface area (Å²) in [5, 5.41) is 11.2. The Morgan fingerprint density at radius 3 is 2.47 bits per heavy atom. The number of nitrogens with zero attached hydrogens (tertiary/aromatic N) is 2. The quantitative estimate of drug-likeness (QED) is 0.535. The summed E-state index contributed by atoms with van der Waals surface area (Å²) in [6, 6.07) is 14.8. The van der Waals surface area contributed by atoms with Crippen molar-refractivity contribution in [2.75, 3.05) is 0 Å². The van der Waals surface area contributed by atoms with Gasteiger partial charge in [0.1, 0.15) is 11.2 Å². The van der Waals surface area contributed by atoms with Gasteiger partial charge in [-0.05, 0) is 33.3 Å². The van der Waals surface area contributed by atoms with Crippen LogP contribution in [0.1, 0.15) is 51.5 Å². The average molecular weight is 412 g/mol. The minimum Gasteiger partial charge on any atom is -0.443 e. The van der Waals surface area contributed by atoms with Crippen LogP contribution >= 0.6 is 0 Å². The minimum absolute atomic E-state index is 0.101.